The van der Waals surface area contributed by atoms with Crippen LogP contribution >= 0.6 is 0 Å². The van der Waals surface area contributed by atoms with Gasteiger partial charge in [0.05, 0.1) is 0 Å². The van der Waals surface area contributed by atoms with Crippen LogP contribution in [0.2, 0.25) is 0 Å². The summed E-state index contributed by atoms with van der Waals surface area (Å²) in [6.07, 6.45) is 3.59. The van der Waals surface area contributed by atoms with E-state index in [1.54, 1.807) is 0 Å². The van der Waals surface area contributed by atoms with Gasteiger partial charge in [0.25, 0.3) is 0 Å². The van der Waals surface area contributed by atoms with Crippen molar-refractivity contribution >= 4 is 5.91 Å². The summed E-state index contributed by atoms with van der Waals surface area (Å²) in [7, 11) is 0. The summed E-state index contributed by atoms with van der Waals surface area (Å²) in [6.45, 7) is 10.3. The van der Waals surface area contributed by atoms with Gasteiger partial charge < -0.3 is 10.6 Å². The van der Waals surface area contributed by atoms with E-state index in [2.05, 4.69) is 31.4 Å². The van der Waals surface area contributed by atoms with E-state index in [4.69, 9.17) is 0 Å². The van der Waals surface area contributed by atoms with Crippen molar-refractivity contribution in [3.05, 3.63) is 0 Å². The largest absolute Gasteiger partial charge is 0.353 e. The minimum atomic E-state index is 0.0717. The average Bonchev–Trinajstić information content (AvgIpc) is 2.24. The van der Waals surface area contributed by atoms with Crippen molar-refractivity contribution in [1.82, 2.24) is 10.6 Å². The van der Waals surface area contributed by atoms with Gasteiger partial charge in [0, 0.05) is 18.5 Å². The Kier molecular flexibility index (Phi) is 5.96. The first-order chi connectivity index (χ1) is 8.02. The van der Waals surface area contributed by atoms with Crippen molar-refractivity contribution < 1.29 is 4.79 Å². The zero-order chi connectivity index (χ0) is 12.8. The zero-order valence-electron chi connectivity index (χ0n) is 11.8. The summed E-state index contributed by atoms with van der Waals surface area (Å²) in [4.78, 5) is 12.0. The minimum absolute atomic E-state index is 0.0717. The summed E-state index contributed by atoms with van der Waals surface area (Å²) in [6, 6.07) is 0.394. The molecule has 0 aromatic rings. The van der Waals surface area contributed by atoms with E-state index in [0.717, 1.165) is 37.8 Å². The predicted molar refractivity (Wildman–Crippen MR) is 71.8 cm³/mol. The van der Waals surface area contributed by atoms with Crippen LogP contribution in [0.4, 0.5) is 0 Å². The number of rotatable bonds is 5. The normalized spacial score (nSPS) is 30.9. The Morgan fingerprint density at radius 3 is 2.35 bits per heavy atom. The molecule has 3 nitrogen and oxygen atoms in total. The Morgan fingerprint density at radius 1 is 1.24 bits per heavy atom. The Bertz CT molecular complexity index is 232. The molecule has 1 rings (SSSR count). The zero-order valence-corrected chi connectivity index (χ0v) is 11.8. The minimum Gasteiger partial charge on any atom is -0.353 e. The molecule has 1 saturated carbocycles. The van der Waals surface area contributed by atoms with Crippen LogP contribution < -0.4 is 10.6 Å². The van der Waals surface area contributed by atoms with Crippen molar-refractivity contribution in [3.8, 4) is 0 Å². The molecule has 0 spiro atoms. The van der Waals surface area contributed by atoms with Crippen molar-refractivity contribution in [2.45, 2.75) is 53.0 Å². The predicted octanol–water partition coefficient (Wildman–Crippen LogP) is 2.17. The molecule has 17 heavy (non-hydrogen) atoms. The fourth-order valence-electron chi connectivity index (χ4n) is 2.86. The second-order valence-electron chi connectivity index (χ2n) is 5.83. The fraction of sp³-hybridized carbons (Fsp3) is 0.929. The average molecular weight is 240 g/mol. The van der Waals surface area contributed by atoms with Crippen LogP contribution in [0, 0.1) is 17.8 Å². The number of hydrogen-bond donors (Lipinski definition) is 2. The maximum Gasteiger partial charge on any atom is 0.224 e. The molecule has 0 radical (unpaired) electrons. The second kappa shape index (κ2) is 7.00. The highest BCUT2D eigenvalue weighted by Gasteiger charge is 2.26. The molecule has 3 unspecified atom stereocenters. The molecular formula is C14H28N2O. The van der Waals surface area contributed by atoms with Crippen LogP contribution in [0.3, 0.4) is 0 Å². The van der Waals surface area contributed by atoms with Crippen LogP contribution in [-0.4, -0.2) is 25.0 Å². The van der Waals surface area contributed by atoms with Crippen molar-refractivity contribution in [2.24, 2.45) is 17.8 Å². The lowest BCUT2D eigenvalue weighted by molar-refractivity contribution is -0.125. The number of hydrogen-bond acceptors (Lipinski definition) is 2. The highest BCUT2D eigenvalue weighted by Crippen LogP contribution is 2.28. The summed E-state index contributed by atoms with van der Waals surface area (Å²) < 4.78 is 0. The fourth-order valence-corrected chi connectivity index (χ4v) is 2.86. The summed E-state index contributed by atoms with van der Waals surface area (Å²) in [5.41, 5.74) is 0. The molecule has 0 saturated heterocycles. The number of nitrogens with one attached hydrogen (secondary N) is 2. The maximum atomic E-state index is 12.0. The first kappa shape index (κ1) is 14.5. The molecule has 1 aliphatic carbocycles. The standard InChI is InChI=1S/C14H28N2O/c1-5-15-9-12(4)14(17)16-13-7-10(2)6-11(3)8-13/h10-13,15H,5-9H2,1-4H3,(H,16,17). The lowest BCUT2D eigenvalue weighted by Gasteiger charge is -2.32. The van der Waals surface area contributed by atoms with Gasteiger partial charge in [0.2, 0.25) is 5.91 Å². The van der Waals surface area contributed by atoms with E-state index in [9.17, 15) is 4.79 Å². The van der Waals surface area contributed by atoms with Gasteiger partial charge in [-0.15, -0.1) is 0 Å². The van der Waals surface area contributed by atoms with Gasteiger partial charge in [0.15, 0.2) is 0 Å². The molecule has 3 heteroatoms. The van der Waals surface area contributed by atoms with Crippen LogP contribution in [0.5, 0.6) is 0 Å². The van der Waals surface area contributed by atoms with E-state index >= 15 is 0 Å². The Hall–Kier alpha value is -0.570. The topological polar surface area (TPSA) is 41.1 Å². The molecule has 1 fully saturated rings. The third kappa shape index (κ3) is 5.07. The molecule has 0 aliphatic heterocycles. The quantitative estimate of drug-likeness (QED) is 0.773. The van der Waals surface area contributed by atoms with Crippen molar-refractivity contribution in [3.63, 3.8) is 0 Å². The summed E-state index contributed by atoms with van der Waals surface area (Å²) in [5.74, 6) is 1.76. The highest BCUT2D eigenvalue weighted by molar-refractivity contribution is 5.78. The first-order valence-electron chi connectivity index (χ1n) is 7.04. The van der Waals surface area contributed by atoms with Crippen LogP contribution in [0.1, 0.15) is 47.0 Å². The SMILES string of the molecule is CCNCC(C)C(=O)NC1CC(C)CC(C)C1. The van der Waals surface area contributed by atoms with Gasteiger partial charge >= 0.3 is 0 Å². The van der Waals surface area contributed by atoms with Gasteiger partial charge in [-0.05, 0) is 37.6 Å². The lowest BCUT2D eigenvalue weighted by atomic mass is 9.80. The van der Waals surface area contributed by atoms with Crippen molar-refractivity contribution in [2.75, 3.05) is 13.1 Å². The van der Waals surface area contributed by atoms with Gasteiger partial charge in [-0.1, -0.05) is 27.7 Å². The van der Waals surface area contributed by atoms with E-state index in [1.165, 1.54) is 6.42 Å². The lowest BCUT2D eigenvalue weighted by Crippen LogP contribution is -2.44. The third-order valence-electron chi connectivity index (χ3n) is 3.67. The van der Waals surface area contributed by atoms with Gasteiger partial charge in [-0.2, -0.15) is 0 Å². The number of carbonyl (C=O) groups excluding carboxylic acids is 1. The second-order valence-corrected chi connectivity index (χ2v) is 5.83. The smallest absolute Gasteiger partial charge is 0.224 e. The van der Waals surface area contributed by atoms with Gasteiger partial charge in [-0.25, -0.2) is 0 Å². The number of carbonyl (C=O) groups is 1. The van der Waals surface area contributed by atoms with E-state index < -0.39 is 0 Å². The van der Waals surface area contributed by atoms with Crippen LogP contribution in [-0.2, 0) is 4.79 Å². The molecule has 2 N–H and O–H groups in total. The molecule has 0 aromatic heterocycles. The summed E-state index contributed by atoms with van der Waals surface area (Å²) >= 11 is 0. The van der Waals surface area contributed by atoms with Gasteiger partial charge in [-0.3, -0.25) is 4.79 Å². The third-order valence-corrected chi connectivity index (χ3v) is 3.67. The van der Waals surface area contributed by atoms with Gasteiger partial charge in [0.1, 0.15) is 0 Å². The Morgan fingerprint density at radius 2 is 1.82 bits per heavy atom. The molecule has 100 valence electrons. The molecular weight excluding hydrogens is 212 g/mol. The molecule has 1 aliphatic rings. The molecule has 0 heterocycles. The molecule has 0 bridgehead atoms. The maximum absolute atomic E-state index is 12.0. The van der Waals surface area contributed by atoms with E-state index in [1.807, 2.05) is 6.92 Å². The molecule has 0 aromatic carbocycles. The summed E-state index contributed by atoms with van der Waals surface area (Å²) in [5, 5.41) is 6.43. The first-order valence-corrected chi connectivity index (χ1v) is 7.04. The van der Waals surface area contributed by atoms with Crippen molar-refractivity contribution in [1.29, 1.82) is 0 Å². The highest BCUT2D eigenvalue weighted by atomic mass is 16.1. The van der Waals surface area contributed by atoms with E-state index in [0.29, 0.717) is 6.04 Å². The van der Waals surface area contributed by atoms with Crippen LogP contribution in [0.25, 0.3) is 0 Å². The Balaban J connectivity index is 2.34. The monoisotopic (exact) mass is 240 g/mol. The Labute approximate surface area is 106 Å². The molecule has 1 amide bonds. The van der Waals surface area contributed by atoms with Crippen LogP contribution in [0.15, 0.2) is 0 Å². The molecule has 3 atom stereocenters. The number of amides is 1. The van der Waals surface area contributed by atoms with E-state index in [-0.39, 0.29) is 11.8 Å².